The number of aromatic nitrogens is 1. The van der Waals surface area contributed by atoms with Gasteiger partial charge < -0.3 is 15.3 Å². The number of nitrogens with one attached hydrogen (secondary N) is 1. The number of hydrogen-bond acceptors (Lipinski definition) is 4. The molecule has 0 saturated carbocycles. The van der Waals surface area contributed by atoms with Crippen molar-refractivity contribution in [2.24, 2.45) is 0 Å². The molecule has 1 rings (SSSR count). The second-order valence-electron chi connectivity index (χ2n) is 3.70. The van der Waals surface area contributed by atoms with Crippen molar-refractivity contribution in [1.29, 1.82) is 0 Å². The van der Waals surface area contributed by atoms with Crippen LogP contribution in [-0.2, 0) is 0 Å². The molecule has 90 valence electrons. The van der Waals surface area contributed by atoms with Crippen molar-refractivity contribution < 1.29 is 5.11 Å². The predicted octanol–water partition coefficient (Wildman–Crippen LogP) is 1.72. The fraction of sp³-hybridized carbons (Fsp3) is 0.583. The number of nitrogens with zero attached hydrogens (tertiary/aromatic N) is 2. The Morgan fingerprint density at radius 1 is 1.38 bits per heavy atom. The summed E-state index contributed by atoms with van der Waals surface area (Å²) >= 11 is 0. The molecule has 0 atom stereocenters. The number of aliphatic hydroxyl groups excluding tert-OH is 1. The number of unbranched alkanes of at least 4 members (excludes halogenated alkanes) is 1. The van der Waals surface area contributed by atoms with Crippen LogP contribution < -0.4 is 10.2 Å². The summed E-state index contributed by atoms with van der Waals surface area (Å²) in [7, 11) is 1.86. The second-order valence-corrected chi connectivity index (χ2v) is 3.70. The van der Waals surface area contributed by atoms with Gasteiger partial charge in [-0.2, -0.15) is 0 Å². The predicted molar refractivity (Wildman–Crippen MR) is 68.0 cm³/mol. The van der Waals surface area contributed by atoms with Gasteiger partial charge in [0.15, 0.2) is 0 Å². The molecule has 0 unspecified atom stereocenters. The van der Waals surface area contributed by atoms with Crippen LogP contribution in [-0.4, -0.2) is 36.8 Å². The molecule has 0 fully saturated rings. The highest BCUT2D eigenvalue weighted by atomic mass is 16.3. The smallest absolute Gasteiger partial charge is 0.131 e. The van der Waals surface area contributed by atoms with E-state index in [2.05, 4.69) is 22.1 Å². The van der Waals surface area contributed by atoms with Crippen molar-refractivity contribution in [2.75, 3.05) is 37.0 Å². The lowest BCUT2D eigenvalue weighted by Crippen LogP contribution is -2.28. The monoisotopic (exact) mass is 223 g/mol. The number of hydrogen-bond donors (Lipinski definition) is 2. The fourth-order valence-corrected chi connectivity index (χ4v) is 1.55. The van der Waals surface area contributed by atoms with E-state index in [1.807, 2.05) is 25.2 Å². The molecule has 1 aromatic heterocycles. The Morgan fingerprint density at radius 3 is 2.81 bits per heavy atom. The van der Waals surface area contributed by atoms with Gasteiger partial charge in [-0.1, -0.05) is 19.4 Å². The highest BCUT2D eigenvalue weighted by Crippen LogP contribution is 2.14. The molecule has 4 heteroatoms. The van der Waals surface area contributed by atoms with Gasteiger partial charge in [0.2, 0.25) is 0 Å². The molecule has 0 aliphatic heterocycles. The van der Waals surface area contributed by atoms with Crippen LogP contribution in [0.5, 0.6) is 0 Å². The molecule has 0 saturated heterocycles. The quantitative estimate of drug-likeness (QED) is 0.739. The Hall–Kier alpha value is -1.29. The van der Waals surface area contributed by atoms with Crippen LogP contribution in [0, 0.1) is 0 Å². The minimum atomic E-state index is 0.162. The maximum Gasteiger partial charge on any atom is 0.131 e. The van der Waals surface area contributed by atoms with Gasteiger partial charge in [-0.05, 0) is 18.6 Å². The van der Waals surface area contributed by atoms with Gasteiger partial charge in [0.25, 0.3) is 0 Å². The van der Waals surface area contributed by atoms with Crippen LogP contribution in [0.25, 0.3) is 0 Å². The fourth-order valence-electron chi connectivity index (χ4n) is 1.55. The molecule has 0 bridgehead atoms. The molecule has 0 spiro atoms. The van der Waals surface area contributed by atoms with E-state index in [1.165, 1.54) is 0 Å². The van der Waals surface area contributed by atoms with E-state index in [0.717, 1.165) is 31.0 Å². The van der Waals surface area contributed by atoms with Crippen LogP contribution >= 0.6 is 0 Å². The Balaban J connectivity index is 2.73. The molecule has 16 heavy (non-hydrogen) atoms. The van der Waals surface area contributed by atoms with E-state index in [4.69, 9.17) is 5.11 Å². The zero-order valence-corrected chi connectivity index (χ0v) is 10.1. The SMILES string of the molecule is CCCCN(CCO)c1cccc(NC)n1. The summed E-state index contributed by atoms with van der Waals surface area (Å²) in [6.45, 7) is 3.90. The first-order valence-electron chi connectivity index (χ1n) is 5.82. The third kappa shape index (κ3) is 3.70. The maximum absolute atomic E-state index is 9.04. The largest absolute Gasteiger partial charge is 0.395 e. The first-order chi connectivity index (χ1) is 7.81. The van der Waals surface area contributed by atoms with Crippen molar-refractivity contribution in [3.8, 4) is 0 Å². The van der Waals surface area contributed by atoms with E-state index in [9.17, 15) is 0 Å². The van der Waals surface area contributed by atoms with Gasteiger partial charge in [-0.3, -0.25) is 0 Å². The lowest BCUT2D eigenvalue weighted by atomic mass is 10.3. The molecule has 0 aliphatic carbocycles. The molecular weight excluding hydrogens is 202 g/mol. The standard InChI is InChI=1S/C12H21N3O/c1-3-4-8-15(9-10-16)12-7-5-6-11(13-2)14-12/h5-7,16H,3-4,8-10H2,1-2H3,(H,13,14). The van der Waals surface area contributed by atoms with E-state index in [0.29, 0.717) is 6.54 Å². The van der Waals surface area contributed by atoms with Crippen LogP contribution in [0.15, 0.2) is 18.2 Å². The zero-order chi connectivity index (χ0) is 11.8. The van der Waals surface area contributed by atoms with Gasteiger partial charge in [0.05, 0.1) is 6.61 Å². The van der Waals surface area contributed by atoms with Gasteiger partial charge in [0.1, 0.15) is 11.6 Å². The molecule has 0 aliphatic rings. The highest BCUT2D eigenvalue weighted by Gasteiger charge is 2.06. The van der Waals surface area contributed by atoms with Crippen molar-refractivity contribution in [3.63, 3.8) is 0 Å². The van der Waals surface area contributed by atoms with E-state index in [-0.39, 0.29) is 6.61 Å². The molecule has 2 N–H and O–H groups in total. The van der Waals surface area contributed by atoms with Crippen LogP contribution in [0.4, 0.5) is 11.6 Å². The summed E-state index contributed by atoms with van der Waals surface area (Å²) in [6.07, 6.45) is 2.26. The third-order valence-corrected chi connectivity index (χ3v) is 2.47. The maximum atomic E-state index is 9.04. The van der Waals surface area contributed by atoms with Gasteiger partial charge in [-0.15, -0.1) is 0 Å². The number of aliphatic hydroxyl groups is 1. The summed E-state index contributed by atoms with van der Waals surface area (Å²) in [6, 6.07) is 5.89. The zero-order valence-electron chi connectivity index (χ0n) is 10.1. The van der Waals surface area contributed by atoms with Crippen LogP contribution in [0.1, 0.15) is 19.8 Å². The van der Waals surface area contributed by atoms with Gasteiger partial charge >= 0.3 is 0 Å². The first-order valence-corrected chi connectivity index (χ1v) is 5.82. The molecule has 0 aromatic carbocycles. The number of anilines is 2. The summed E-state index contributed by atoms with van der Waals surface area (Å²) in [5.74, 6) is 1.78. The molecule has 1 heterocycles. The molecule has 0 amide bonds. The second kappa shape index (κ2) is 7.06. The van der Waals surface area contributed by atoms with Crippen molar-refractivity contribution >= 4 is 11.6 Å². The minimum absolute atomic E-state index is 0.162. The average molecular weight is 223 g/mol. The van der Waals surface area contributed by atoms with Crippen LogP contribution in [0.3, 0.4) is 0 Å². The van der Waals surface area contributed by atoms with Crippen LogP contribution in [0.2, 0.25) is 0 Å². The lowest BCUT2D eigenvalue weighted by Gasteiger charge is -2.22. The Morgan fingerprint density at radius 2 is 2.19 bits per heavy atom. The minimum Gasteiger partial charge on any atom is -0.395 e. The topological polar surface area (TPSA) is 48.4 Å². The van der Waals surface area contributed by atoms with Crippen molar-refractivity contribution in [2.45, 2.75) is 19.8 Å². The number of rotatable bonds is 7. The van der Waals surface area contributed by atoms with E-state index < -0.39 is 0 Å². The Kier molecular flexibility index (Phi) is 5.64. The van der Waals surface area contributed by atoms with Gasteiger partial charge in [0, 0.05) is 20.1 Å². The van der Waals surface area contributed by atoms with E-state index >= 15 is 0 Å². The highest BCUT2D eigenvalue weighted by molar-refractivity contribution is 5.46. The third-order valence-electron chi connectivity index (χ3n) is 2.47. The van der Waals surface area contributed by atoms with Crippen molar-refractivity contribution in [3.05, 3.63) is 18.2 Å². The summed E-state index contributed by atoms with van der Waals surface area (Å²) in [5, 5.41) is 12.1. The molecule has 4 nitrogen and oxygen atoms in total. The molecule has 1 aromatic rings. The Bertz CT molecular complexity index is 304. The Labute approximate surface area is 97.3 Å². The molecular formula is C12H21N3O. The lowest BCUT2D eigenvalue weighted by molar-refractivity contribution is 0.301. The first kappa shape index (κ1) is 12.8. The van der Waals surface area contributed by atoms with E-state index in [1.54, 1.807) is 0 Å². The summed E-state index contributed by atoms with van der Waals surface area (Å²) in [4.78, 5) is 6.58. The number of pyridine rings is 1. The molecule has 0 radical (unpaired) electrons. The average Bonchev–Trinajstić information content (AvgIpc) is 2.34. The summed E-state index contributed by atoms with van der Waals surface area (Å²) in [5.41, 5.74) is 0. The normalized spacial score (nSPS) is 10.2. The van der Waals surface area contributed by atoms with Crippen molar-refractivity contribution in [1.82, 2.24) is 4.98 Å². The van der Waals surface area contributed by atoms with Gasteiger partial charge in [-0.25, -0.2) is 4.98 Å². The summed E-state index contributed by atoms with van der Waals surface area (Å²) < 4.78 is 0.